The largest absolute Gasteiger partial charge is 0.503 e. The highest BCUT2D eigenvalue weighted by Gasteiger charge is 2.45. The summed E-state index contributed by atoms with van der Waals surface area (Å²) in [6, 6.07) is 19.3. The van der Waals surface area contributed by atoms with Crippen LogP contribution >= 0.6 is 11.3 Å². The molecule has 1 N–H and O–H groups in total. The van der Waals surface area contributed by atoms with Gasteiger partial charge in [0.05, 0.1) is 5.57 Å². The van der Waals surface area contributed by atoms with E-state index in [9.17, 15) is 14.7 Å². The highest BCUT2D eigenvalue weighted by molar-refractivity contribution is 7.10. The Morgan fingerprint density at radius 1 is 1.07 bits per heavy atom. The Balaban J connectivity index is 1.64. The first kappa shape index (κ1) is 18.4. The normalized spacial score (nSPS) is 16.6. The van der Waals surface area contributed by atoms with Crippen molar-refractivity contribution in [3.8, 4) is 0 Å². The lowest BCUT2D eigenvalue weighted by atomic mass is 10.00. The van der Waals surface area contributed by atoms with E-state index in [1.165, 1.54) is 16.2 Å². The van der Waals surface area contributed by atoms with Gasteiger partial charge in [0.15, 0.2) is 11.5 Å². The van der Waals surface area contributed by atoms with E-state index in [0.717, 1.165) is 15.8 Å². The van der Waals surface area contributed by atoms with Gasteiger partial charge in [-0.2, -0.15) is 0 Å². The fourth-order valence-corrected chi connectivity index (χ4v) is 4.57. The van der Waals surface area contributed by atoms with E-state index in [1.807, 2.05) is 66.9 Å². The molecule has 148 valence electrons. The summed E-state index contributed by atoms with van der Waals surface area (Å²) in [6.07, 6.45) is 0. The molecule has 0 aliphatic carbocycles. The summed E-state index contributed by atoms with van der Waals surface area (Å²) in [6.45, 7) is 1.96. The first-order valence-electron chi connectivity index (χ1n) is 9.44. The van der Waals surface area contributed by atoms with Gasteiger partial charge in [0.25, 0.3) is 5.91 Å². The van der Waals surface area contributed by atoms with E-state index in [2.05, 4.69) is 0 Å². The van der Waals surface area contributed by atoms with Gasteiger partial charge in [-0.05, 0) is 42.6 Å². The van der Waals surface area contributed by atoms with Crippen LogP contribution in [0.25, 0.3) is 11.0 Å². The molecule has 3 heterocycles. The number of rotatable bonds is 4. The van der Waals surface area contributed by atoms with Crippen molar-refractivity contribution in [3.63, 3.8) is 0 Å². The summed E-state index contributed by atoms with van der Waals surface area (Å²) in [7, 11) is 0. The molecule has 1 aliphatic rings. The summed E-state index contributed by atoms with van der Waals surface area (Å²) in [4.78, 5) is 28.7. The maximum absolute atomic E-state index is 13.4. The number of para-hydroxylation sites is 1. The molecule has 5 rings (SSSR count). The Hall–Kier alpha value is -3.64. The molecule has 5 nitrogen and oxygen atoms in total. The Kier molecular flexibility index (Phi) is 4.29. The lowest BCUT2D eigenvalue weighted by Gasteiger charge is -2.25. The molecular weight excluding hydrogens is 398 g/mol. The molecule has 0 spiro atoms. The van der Waals surface area contributed by atoms with Crippen LogP contribution in [0.5, 0.6) is 0 Å². The average Bonchev–Trinajstić information content (AvgIpc) is 3.47. The van der Waals surface area contributed by atoms with Crippen LogP contribution in [0, 0.1) is 6.92 Å². The maximum Gasteiger partial charge on any atom is 0.294 e. The van der Waals surface area contributed by atoms with Gasteiger partial charge >= 0.3 is 0 Å². The number of carbonyl (C=O) groups is 2. The van der Waals surface area contributed by atoms with Crippen molar-refractivity contribution in [2.45, 2.75) is 13.0 Å². The number of anilines is 1. The number of ketones is 1. The van der Waals surface area contributed by atoms with E-state index in [1.54, 1.807) is 12.1 Å². The van der Waals surface area contributed by atoms with Gasteiger partial charge in [-0.25, -0.2) is 0 Å². The molecule has 1 atom stereocenters. The molecule has 2 aromatic heterocycles. The van der Waals surface area contributed by atoms with Crippen molar-refractivity contribution in [2.24, 2.45) is 0 Å². The Labute approximate surface area is 176 Å². The van der Waals surface area contributed by atoms with Crippen molar-refractivity contribution in [1.29, 1.82) is 0 Å². The van der Waals surface area contributed by atoms with Crippen molar-refractivity contribution in [2.75, 3.05) is 4.90 Å². The van der Waals surface area contributed by atoms with Crippen molar-refractivity contribution < 1.29 is 19.1 Å². The van der Waals surface area contributed by atoms with E-state index in [-0.39, 0.29) is 11.3 Å². The molecule has 1 aliphatic heterocycles. The minimum Gasteiger partial charge on any atom is -0.503 e. The van der Waals surface area contributed by atoms with Crippen LogP contribution in [-0.4, -0.2) is 16.8 Å². The van der Waals surface area contributed by atoms with Crippen LogP contribution in [0.3, 0.4) is 0 Å². The number of amides is 1. The number of furan rings is 1. The van der Waals surface area contributed by atoms with E-state index in [4.69, 9.17) is 4.42 Å². The van der Waals surface area contributed by atoms with Gasteiger partial charge in [-0.15, -0.1) is 11.3 Å². The lowest BCUT2D eigenvalue weighted by Crippen LogP contribution is -2.30. The Morgan fingerprint density at radius 3 is 2.53 bits per heavy atom. The second-order valence-corrected chi connectivity index (χ2v) is 8.15. The van der Waals surface area contributed by atoms with Crippen molar-refractivity contribution in [3.05, 3.63) is 99.6 Å². The first-order chi connectivity index (χ1) is 14.5. The van der Waals surface area contributed by atoms with Gasteiger partial charge in [-0.3, -0.25) is 14.5 Å². The number of nitrogens with zero attached hydrogens (tertiary/aromatic N) is 1. The number of aliphatic hydroxyl groups is 1. The molecule has 30 heavy (non-hydrogen) atoms. The molecule has 0 bridgehead atoms. The van der Waals surface area contributed by atoms with Crippen LogP contribution in [-0.2, 0) is 4.79 Å². The number of carbonyl (C=O) groups excluding carboxylic acids is 2. The quantitative estimate of drug-likeness (QED) is 0.441. The van der Waals surface area contributed by atoms with Crippen LogP contribution in [0.2, 0.25) is 0 Å². The zero-order valence-corrected chi connectivity index (χ0v) is 16.8. The lowest BCUT2D eigenvalue weighted by molar-refractivity contribution is -0.117. The predicted octanol–water partition coefficient (Wildman–Crippen LogP) is 5.59. The summed E-state index contributed by atoms with van der Waals surface area (Å²) in [5.41, 5.74) is 2.27. The Morgan fingerprint density at radius 2 is 1.83 bits per heavy atom. The number of fused-ring (bicyclic) bond motifs is 1. The minimum atomic E-state index is -0.721. The van der Waals surface area contributed by atoms with Crippen LogP contribution in [0.4, 0.5) is 5.69 Å². The van der Waals surface area contributed by atoms with Gasteiger partial charge in [-0.1, -0.05) is 42.0 Å². The molecule has 4 aromatic rings. The summed E-state index contributed by atoms with van der Waals surface area (Å²) in [5, 5.41) is 13.4. The third kappa shape index (κ3) is 2.84. The molecule has 0 saturated heterocycles. The highest BCUT2D eigenvalue weighted by atomic mass is 32.1. The first-order valence-corrected chi connectivity index (χ1v) is 10.3. The molecule has 0 fully saturated rings. The van der Waals surface area contributed by atoms with E-state index < -0.39 is 23.5 Å². The average molecular weight is 415 g/mol. The third-order valence-electron chi connectivity index (χ3n) is 5.23. The number of thiophene rings is 1. The molecule has 1 unspecified atom stereocenters. The van der Waals surface area contributed by atoms with Crippen LogP contribution in [0.1, 0.15) is 27.0 Å². The van der Waals surface area contributed by atoms with Crippen LogP contribution < -0.4 is 4.90 Å². The van der Waals surface area contributed by atoms with Gasteiger partial charge in [0.2, 0.25) is 5.78 Å². The van der Waals surface area contributed by atoms with E-state index in [0.29, 0.717) is 11.3 Å². The van der Waals surface area contributed by atoms with Crippen LogP contribution in [0.15, 0.2) is 87.9 Å². The second-order valence-electron chi connectivity index (χ2n) is 7.17. The van der Waals surface area contributed by atoms with Gasteiger partial charge in [0, 0.05) is 16.0 Å². The maximum atomic E-state index is 13.4. The molecule has 0 radical (unpaired) electrons. The summed E-state index contributed by atoms with van der Waals surface area (Å²) in [5.74, 6) is -1.54. The number of aliphatic hydroxyl groups excluding tert-OH is 1. The third-order valence-corrected chi connectivity index (χ3v) is 6.15. The summed E-state index contributed by atoms with van der Waals surface area (Å²) >= 11 is 1.43. The smallest absolute Gasteiger partial charge is 0.294 e. The number of hydrogen-bond acceptors (Lipinski definition) is 5. The second kappa shape index (κ2) is 7.00. The molecule has 0 saturated carbocycles. The minimum absolute atomic E-state index is 0.0297. The molecular formula is C24H17NO4S. The predicted molar refractivity (Wildman–Crippen MR) is 116 cm³/mol. The highest BCUT2D eigenvalue weighted by Crippen LogP contribution is 2.43. The standard InChI is InChI=1S/C24H17NO4S/c1-14-8-10-16(11-9-14)25-21(19-7-4-12-30-19)20(23(27)24(25)28)22(26)18-13-15-5-2-3-6-17(15)29-18/h2-13,21,27H,1H3. The number of benzene rings is 2. The van der Waals surface area contributed by atoms with E-state index >= 15 is 0 Å². The molecule has 1 amide bonds. The number of Topliss-reactive ketones (excluding diaryl/α,β-unsaturated/α-hetero) is 1. The van der Waals surface area contributed by atoms with Gasteiger partial charge in [0.1, 0.15) is 11.6 Å². The zero-order chi connectivity index (χ0) is 20.8. The SMILES string of the molecule is Cc1ccc(N2C(=O)C(O)=C(C(=O)c3cc4ccccc4o3)C2c2cccs2)cc1. The van der Waals surface area contributed by atoms with Gasteiger partial charge < -0.3 is 9.52 Å². The number of hydrogen-bond donors (Lipinski definition) is 1. The topological polar surface area (TPSA) is 70.8 Å². The van der Waals surface area contributed by atoms with Crippen molar-refractivity contribution in [1.82, 2.24) is 0 Å². The van der Waals surface area contributed by atoms with Crippen molar-refractivity contribution >= 4 is 39.7 Å². The fourth-order valence-electron chi connectivity index (χ4n) is 3.75. The number of aryl methyl sites for hydroxylation is 1. The fraction of sp³-hybridized carbons (Fsp3) is 0.0833. The molecule has 6 heteroatoms. The Bertz CT molecular complexity index is 1270. The summed E-state index contributed by atoms with van der Waals surface area (Å²) < 4.78 is 5.73. The monoisotopic (exact) mass is 415 g/mol. The zero-order valence-electron chi connectivity index (χ0n) is 16.0. The molecule has 2 aromatic carbocycles.